The Morgan fingerprint density at radius 2 is 1.87 bits per heavy atom. The van der Waals surface area contributed by atoms with Gasteiger partial charge in [-0.3, -0.25) is 9.59 Å². The molecular formula is C34H36N4O6S. The third-order valence-corrected chi connectivity index (χ3v) is 8.20. The first kappa shape index (κ1) is 31.7. The minimum absolute atomic E-state index is 0.0586. The number of thiophene rings is 1. The fraction of sp³-hybridized carbons (Fsp3) is 0.294. The van der Waals surface area contributed by atoms with Crippen molar-refractivity contribution in [2.75, 3.05) is 25.6 Å². The highest BCUT2D eigenvalue weighted by molar-refractivity contribution is 7.13. The summed E-state index contributed by atoms with van der Waals surface area (Å²) in [6, 6.07) is 14.1. The van der Waals surface area contributed by atoms with Gasteiger partial charge in [-0.1, -0.05) is 13.0 Å². The second-order valence-corrected chi connectivity index (χ2v) is 11.7. The lowest BCUT2D eigenvalue weighted by Gasteiger charge is -2.19. The van der Waals surface area contributed by atoms with E-state index in [9.17, 15) is 14.4 Å². The van der Waals surface area contributed by atoms with Gasteiger partial charge in [0.1, 0.15) is 17.2 Å². The molecule has 2 aromatic heterocycles. The van der Waals surface area contributed by atoms with E-state index in [4.69, 9.17) is 19.9 Å². The van der Waals surface area contributed by atoms with E-state index in [1.54, 1.807) is 41.7 Å². The first-order valence-corrected chi connectivity index (χ1v) is 15.7. The van der Waals surface area contributed by atoms with E-state index in [1.807, 2.05) is 32.2 Å². The van der Waals surface area contributed by atoms with E-state index >= 15 is 0 Å². The molecule has 45 heavy (non-hydrogen) atoms. The molecule has 0 saturated carbocycles. The number of anilines is 1. The standard InChI is InChI=1S/C34H36N4O6S/c1-5-12-36-33(40)27-9-7-22(30(37-27)34(41)42-4)23-17-28-25(31-21(10-13-43-28)11-14-45-31)16-24(23)32(39)38-26-8-6-20(18-35)15-29(26)44-19(2)3/h6-9,11,14-17,19H,5,10,12-13,18,35H2,1-4H3,(H,36,40)(H,38,39). The highest BCUT2D eigenvalue weighted by atomic mass is 32.1. The van der Waals surface area contributed by atoms with Crippen LogP contribution in [0.4, 0.5) is 5.69 Å². The maximum atomic E-state index is 14.2. The Kier molecular flexibility index (Phi) is 9.80. The normalized spacial score (nSPS) is 12.0. The molecule has 1 aliphatic rings. The fourth-order valence-electron chi connectivity index (χ4n) is 5.05. The van der Waals surface area contributed by atoms with Crippen molar-refractivity contribution in [3.8, 4) is 33.1 Å². The number of nitrogens with two attached hydrogens (primary N) is 1. The minimum atomic E-state index is -0.747. The highest BCUT2D eigenvalue weighted by Crippen LogP contribution is 2.43. The van der Waals surface area contributed by atoms with Crippen LogP contribution in [0.2, 0.25) is 0 Å². The number of aromatic nitrogens is 1. The molecule has 0 bridgehead atoms. The number of esters is 1. The zero-order valence-electron chi connectivity index (χ0n) is 25.7. The molecule has 1 aliphatic heterocycles. The van der Waals surface area contributed by atoms with Crippen LogP contribution in [0.15, 0.2) is 53.9 Å². The quantitative estimate of drug-likeness (QED) is 0.186. The van der Waals surface area contributed by atoms with Gasteiger partial charge in [0.2, 0.25) is 0 Å². The molecule has 3 heterocycles. The summed E-state index contributed by atoms with van der Waals surface area (Å²) in [6.07, 6.45) is 1.31. The Morgan fingerprint density at radius 1 is 1.04 bits per heavy atom. The van der Waals surface area contributed by atoms with Crippen molar-refractivity contribution in [2.45, 2.75) is 46.3 Å². The fourth-order valence-corrected chi connectivity index (χ4v) is 6.03. The maximum absolute atomic E-state index is 14.2. The molecule has 0 unspecified atom stereocenters. The van der Waals surface area contributed by atoms with Crippen molar-refractivity contribution in [3.05, 3.63) is 82.0 Å². The monoisotopic (exact) mass is 628 g/mol. The summed E-state index contributed by atoms with van der Waals surface area (Å²) in [7, 11) is 1.24. The number of benzene rings is 2. The summed E-state index contributed by atoms with van der Waals surface area (Å²) in [5.41, 5.74) is 10.0. The predicted octanol–water partition coefficient (Wildman–Crippen LogP) is 5.84. The van der Waals surface area contributed by atoms with Crippen molar-refractivity contribution >= 4 is 34.8 Å². The molecule has 0 fully saturated rings. The Morgan fingerprint density at radius 3 is 2.60 bits per heavy atom. The molecule has 11 heteroatoms. The number of nitrogens with zero attached hydrogens (tertiary/aromatic N) is 1. The zero-order chi connectivity index (χ0) is 32.1. The Balaban J connectivity index is 1.68. The average molecular weight is 629 g/mol. The molecule has 234 valence electrons. The molecule has 5 rings (SSSR count). The minimum Gasteiger partial charge on any atom is -0.493 e. The van der Waals surface area contributed by atoms with Crippen LogP contribution in [0.5, 0.6) is 11.5 Å². The number of pyridine rings is 1. The van der Waals surface area contributed by atoms with Crippen LogP contribution >= 0.6 is 11.3 Å². The number of amides is 2. The van der Waals surface area contributed by atoms with Crippen LogP contribution in [-0.2, 0) is 17.7 Å². The van der Waals surface area contributed by atoms with Crippen LogP contribution < -0.4 is 25.8 Å². The van der Waals surface area contributed by atoms with Crippen molar-refractivity contribution in [2.24, 2.45) is 5.73 Å². The molecule has 10 nitrogen and oxygen atoms in total. The second-order valence-electron chi connectivity index (χ2n) is 10.8. The lowest BCUT2D eigenvalue weighted by molar-refractivity contribution is 0.0594. The molecule has 4 N–H and O–H groups in total. The number of nitrogens with one attached hydrogen (secondary N) is 2. The number of carbonyl (C=O) groups is 3. The Bertz CT molecular complexity index is 1750. The van der Waals surface area contributed by atoms with Crippen LogP contribution in [0.25, 0.3) is 21.6 Å². The van der Waals surface area contributed by atoms with E-state index in [0.717, 1.165) is 28.0 Å². The SMILES string of the molecule is CCCNC(=O)c1ccc(-c2cc3c(cc2C(=O)Nc2ccc(CN)cc2OC(C)C)-c2sccc2CCO3)c(C(=O)OC)n1. The molecule has 0 spiro atoms. The van der Waals surface area contributed by atoms with Crippen molar-refractivity contribution < 1.29 is 28.6 Å². The van der Waals surface area contributed by atoms with Crippen molar-refractivity contribution in [3.63, 3.8) is 0 Å². The smallest absolute Gasteiger partial charge is 0.357 e. The number of hydrogen-bond donors (Lipinski definition) is 3. The summed E-state index contributed by atoms with van der Waals surface area (Å²) in [4.78, 5) is 45.5. The molecule has 0 aliphatic carbocycles. The largest absolute Gasteiger partial charge is 0.493 e. The van der Waals surface area contributed by atoms with E-state index in [1.165, 1.54) is 13.2 Å². The number of hydrogen-bond acceptors (Lipinski definition) is 9. The lowest BCUT2D eigenvalue weighted by Crippen LogP contribution is -2.26. The van der Waals surface area contributed by atoms with Gasteiger partial charge >= 0.3 is 5.97 Å². The van der Waals surface area contributed by atoms with Crippen LogP contribution in [0.1, 0.15) is 69.7 Å². The van der Waals surface area contributed by atoms with Gasteiger partial charge in [0.05, 0.1) is 25.5 Å². The van der Waals surface area contributed by atoms with Gasteiger partial charge in [0.15, 0.2) is 5.69 Å². The number of rotatable bonds is 10. The Labute approximate surface area is 265 Å². The van der Waals surface area contributed by atoms with Crippen LogP contribution in [0.3, 0.4) is 0 Å². The maximum Gasteiger partial charge on any atom is 0.357 e. The van der Waals surface area contributed by atoms with Gasteiger partial charge in [-0.15, -0.1) is 11.3 Å². The summed E-state index contributed by atoms with van der Waals surface area (Å²) < 4.78 is 17.2. The molecule has 4 aromatic rings. The molecule has 0 atom stereocenters. The molecular weight excluding hydrogens is 592 g/mol. The van der Waals surface area contributed by atoms with Gasteiger partial charge in [-0.2, -0.15) is 0 Å². The number of carbonyl (C=O) groups excluding carboxylic acids is 3. The zero-order valence-corrected chi connectivity index (χ0v) is 26.5. The third kappa shape index (κ3) is 6.84. The highest BCUT2D eigenvalue weighted by Gasteiger charge is 2.27. The van der Waals surface area contributed by atoms with Crippen molar-refractivity contribution in [1.82, 2.24) is 10.3 Å². The molecule has 2 aromatic carbocycles. The first-order chi connectivity index (χ1) is 21.7. The average Bonchev–Trinajstić information content (AvgIpc) is 3.44. The van der Waals surface area contributed by atoms with Crippen LogP contribution in [-0.4, -0.2) is 49.1 Å². The van der Waals surface area contributed by atoms with Gasteiger partial charge in [0.25, 0.3) is 11.8 Å². The summed E-state index contributed by atoms with van der Waals surface area (Å²) in [5, 5.41) is 7.80. The van der Waals surface area contributed by atoms with Gasteiger partial charge in [0, 0.05) is 46.6 Å². The van der Waals surface area contributed by atoms with Gasteiger partial charge in [-0.25, -0.2) is 9.78 Å². The van der Waals surface area contributed by atoms with E-state index < -0.39 is 17.8 Å². The first-order valence-electron chi connectivity index (χ1n) is 14.8. The van der Waals surface area contributed by atoms with Gasteiger partial charge < -0.3 is 30.6 Å². The van der Waals surface area contributed by atoms with E-state index in [-0.39, 0.29) is 23.1 Å². The molecule has 2 amide bonds. The van der Waals surface area contributed by atoms with E-state index in [2.05, 4.69) is 21.7 Å². The summed E-state index contributed by atoms with van der Waals surface area (Å²) in [5.74, 6) is -0.548. The summed E-state index contributed by atoms with van der Waals surface area (Å²) in [6.45, 7) is 6.96. The topological polar surface area (TPSA) is 142 Å². The number of ether oxygens (including phenoxy) is 3. The predicted molar refractivity (Wildman–Crippen MR) is 174 cm³/mol. The lowest BCUT2D eigenvalue weighted by atomic mass is 9.93. The second kappa shape index (κ2) is 13.9. The Hall–Kier alpha value is -4.74. The number of methoxy groups -OCH3 is 1. The summed E-state index contributed by atoms with van der Waals surface area (Å²) >= 11 is 1.57. The van der Waals surface area contributed by atoms with Crippen molar-refractivity contribution in [1.29, 1.82) is 0 Å². The molecule has 0 radical (unpaired) electrons. The van der Waals surface area contributed by atoms with Gasteiger partial charge in [-0.05, 0) is 79.2 Å². The van der Waals surface area contributed by atoms with Crippen LogP contribution in [0, 0.1) is 0 Å². The molecule has 0 saturated heterocycles. The third-order valence-electron chi connectivity index (χ3n) is 7.21. The van der Waals surface area contributed by atoms with E-state index in [0.29, 0.717) is 54.4 Å². The number of fused-ring (bicyclic) bond motifs is 3.